The van der Waals surface area contributed by atoms with Crippen molar-refractivity contribution in [3.63, 3.8) is 0 Å². The van der Waals surface area contributed by atoms with Gasteiger partial charge in [-0.15, -0.1) is 0 Å². The number of pyridine rings is 1. The zero-order chi connectivity index (χ0) is 13.5. The Morgan fingerprint density at radius 1 is 1.11 bits per heavy atom. The van der Waals surface area contributed by atoms with E-state index < -0.39 is 0 Å². The molecule has 0 aliphatic carbocycles. The van der Waals surface area contributed by atoms with E-state index in [9.17, 15) is 4.79 Å². The van der Waals surface area contributed by atoms with Gasteiger partial charge in [-0.25, -0.2) is 4.98 Å². The number of hydrogen-bond donors (Lipinski definition) is 3. The Hall–Kier alpha value is -1.98. The van der Waals surface area contributed by atoms with Crippen LogP contribution in [-0.4, -0.2) is 37.1 Å². The van der Waals surface area contributed by atoms with Gasteiger partial charge in [0.1, 0.15) is 5.69 Å². The minimum atomic E-state index is -0.152. The van der Waals surface area contributed by atoms with Crippen LogP contribution in [0.25, 0.3) is 10.9 Å². The normalized spacial score (nSPS) is 10.6. The van der Waals surface area contributed by atoms with Crippen LogP contribution in [-0.2, 0) is 0 Å². The van der Waals surface area contributed by atoms with Gasteiger partial charge in [-0.3, -0.25) is 4.79 Å². The van der Waals surface area contributed by atoms with Gasteiger partial charge in [0.15, 0.2) is 0 Å². The Labute approximate surface area is 112 Å². The quantitative estimate of drug-likeness (QED) is 0.660. The van der Waals surface area contributed by atoms with Crippen LogP contribution < -0.4 is 16.4 Å². The van der Waals surface area contributed by atoms with Crippen LogP contribution in [0.3, 0.4) is 0 Å². The van der Waals surface area contributed by atoms with Crippen molar-refractivity contribution in [3.8, 4) is 0 Å². The number of carbonyl (C=O) groups excluding carboxylic acids is 1. The van der Waals surface area contributed by atoms with Gasteiger partial charge in [0.05, 0.1) is 5.52 Å². The second kappa shape index (κ2) is 6.82. The first-order valence-corrected chi connectivity index (χ1v) is 6.36. The number of para-hydroxylation sites is 1. The fraction of sp³-hybridized carbons (Fsp3) is 0.286. The van der Waals surface area contributed by atoms with Crippen LogP contribution >= 0.6 is 0 Å². The van der Waals surface area contributed by atoms with Crippen molar-refractivity contribution in [2.75, 3.05) is 26.2 Å². The fourth-order valence-electron chi connectivity index (χ4n) is 1.77. The number of amides is 1. The molecule has 5 heteroatoms. The van der Waals surface area contributed by atoms with Gasteiger partial charge in [-0.05, 0) is 12.1 Å². The van der Waals surface area contributed by atoms with Gasteiger partial charge in [0, 0.05) is 31.6 Å². The Bertz CT molecular complexity index is 556. The number of nitrogens with two attached hydrogens (primary N) is 1. The lowest BCUT2D eigenvalue weighted by Crippen LogP contribution is -2.34. The molecule has 0 unspecified atom stereocenters. The third-order valence-electron chi connectivity index (χ3n) is 2.74. The Morgan fingerprint density at radius 3 is 2.79 bits per heavy atom. The highest BCUT2D eigenvalue weighted by molar-refractivity contribution is 5.94. The molecule has 0 bridgehead atoms. The number of nitrogens with zero attached hydrogens (tertiary/aromatic N) is 1. The highest BCUT2D eigenvalue weighted by Crippen LogP contribution is 2.11. The van der Waals surface area contributed by atoms with E-state index in [1.807, 2.05) is 30.3 Å². The summed E-state index contributed by atoms with van der Waals surface area (Å²) in [5, 5.41) is 6.96. The summed E-state index contributed by atoms with van der Waals surface area (Å²) in [4.78, 5) is 16.2. The van der Waals surface area contributed by atoms with E-state index >= 15 is 0 Å². The summed E-state index contributed by atoms with van der Waals surface area (Å²) in [5.74, 6) is -0.152. The van der Waals surface area contributed by atoms with Gasteiger partial charge >= 0.3 is 0 Å². The number of fused-ring (bicyclic) bond motifs is 1. The first-order valence-electron chi connectivity index (χ1n) is 6.36. The highest BCUT2D eigenvalue weighted by atomic mass is 16.1. The first-order chi connectivity index (χ1) is 9.31. The number of benzene rings is 1. The maximum absolute atomic E-state index is 11.9. The molecule has 0 atom stereocenters. The first kappa shape index (κ1) is 13.5. The maximum Gasteiger partial charge on any atom is 0.269 e. The van der Waals surface area contributed by atoms with E-state index in [2.05, 4.69) is 15.6 Å². The average molecular weight is 258 g/mol. The Balaban J connectivity index is 1.93. The van der Waals surface area contributed by atoms with Crippen molar-refractivity contribution in [2.24, 2.45) is 5.73 Å². The van der Waals surface area contributed by atoms with Gasteiger partial charge in [-0.2, -0.15) is 0 Å². The van der Waals surface area contributed by atoms with E-state index in [1.54, 1.807) is 6.07 Å². The second-order valence-electron chi connectivity index (χ2n) is 4.18. The molecule has 2 rings (SSSR count). The van der Waals surface area contributed by atoms with Gasteiger partial charge < -0.3 is 16.4 Å². The molecule has 1 aromatic carbocycles. The van der Waals surface area contributed by atoms with E-state index in [0.717, 1.165) is 17.4 Å². The van der Waals surface area contributed by atoms with Crippen molar-refractivity contribution in [1.82, 2.24) is 15.6 Å². The van der Waals surface area contributed by atoms with Crippen LogP contribution in [0, 0.1) is 0 Å². The van der Waals surface area contributed by atoms with Gasteiger partial charge in [-0.1, -0.05) is 24.3 Å². The summed E-state index contributed by atoms with van der Waals surface area (Å²) >= 11 is 0. The lowest BCUT2D eigenvalue weighted by molar-refractivity contribution is 0.0949. The van der Waals surface area contributed by atoms with Crippen LogP contribution in [0.4, 0.5) is 0 Å². The zero-order valence-corrected chi connectivity index (χ0v) is 10.7. The van der Waals surface area contributed by atoms with Gasteiger partial charge in [0.2, 0.25) is 0 Å². The molecule has 100 valence electrons. The third kappa shape index (κ3) is 3.74. The molecule has 19 heavy (non-hydrogen) atoms. The standard InChI is InChI=1S/C14H18N4O/c15-7-8-16-9-10-17-14(19)13-6-5-11-3-1-2-4-12(11)18-13/h1-6,16H,7-10,15H2,(H,17,19). The molecule has 0 spiro atoms. The zero-order valence-electron chi connectivity index (χ0n) is 10.7. The Kier molecular flexibility index (Phi) is 4.83. The molecule has 0 aliphatic rings. The van der Waals surface area contributed by atoms with Crippen molar-refractivity contribution >= 4 is 16.8 Å². The van der Waals surface area contributed by atoms with Crippen LogP contribution in [0.15, 0.2) is 36.4 Å². The molecular formula is C14H18N4O. The van der Waals surface area contributed by atoms with Crippen molar-refractivity contribution in [3.05, 3.63) is 42.1 Å². The molecule has 1 amide bonds. The second-order valence-corrected chi connectivity index (χ2v) is 4.18. The van der Waals surface area contributed by atoms with E-state index in [4.69, 9.17) is 5.73 Å². The highest BCUT2D eigenvalue weighted by Gasteiger charge is 2.06. The van der Waals surface area contributed by atoms with Crippen LogP contribution in [0.1, 0.15) is 10.5 Å². The SMILES string of the molecule is NCCNCCNC(=O)c1ccc2ccccc2n1. The van der Waals surface area contributed by atoms with Crippen molar-refractivity contribution in [1.29, 1.82) is 0 Å². The number of rotatable bonds is 6. The molecule has 5 nitrogen and oxygen atoms in total. The molecule has 1 aromatic heterocycles. The Morgan fingerprint density at radius 2 is 1.95 bits per heavy atom. The number of nitrogens with one attached hydrogen (secondary N) is 2. The maximum atomic E-state index is 11.9. The minimum absolute atomic E-state index is 0.152. The van der Waals surface area contributed by atoms with Crippen molar-refractivity contribution < 1.29 is 4.79 Å². The summed E-state index contributed by atoms with van der Waals surface area (Å²) in [5.41, 5.74) is 6.63. The summed E-state index contributed by atoms with van der Waals surface area (Å²) in [7, 11) is 0. The molecule has 0 saturated heterocycles. The predicted octanol–water partition coefficient (Wildman–Crippen LogP) is 0.513. The van der Waals surface area contributed by atoms with E-state index in [-0.39, 0.29) is 5.91 Å². The third-order valence-corrected chi connectivity index (χ3v) is 2.74. The summed E-state index contributed by atoms with van der Waals surface area (Å²) in [6, 6.07) is 11.4. The summed E-state index contributed by atoms with van der Waals surface area (Å²) in [6.45, 7) is 2.62. The molecule has 0 saturated carbocycles. The summed E-state index contributed by atoms with van der Waals surface area (Å²) in [6.07, 6.45) is 0. The smallest absolute Gasteiger partial charge is 0.269 e. The van der Waals surface area contributed by atoms with Crippen LogP contribution in [0.5, 0.6) is 0 Å². The largest absolute Gasteiger partial charge is 0.349 e. The summed E-state index contributed by atoms with van der Waals surface area (Å²) < 4.78 is 0. The monoisotopic (exact) mass is 258 g/mol. The molecule has 1 heterocycles. The molecule has 0 radical (unpaired) electrons. The molecule has 0 aliphatic heterocycles. The number of hydrogen-bond acceptors (Lipinski definition) is 4. The lowest BCUT2D eigenvalue weighted by atomic mass is 10.2. The minimum Gasteiger partial charge on any atom is -0.349 e. The lowest BCUT2D eigenvalue weighted by Gasteiger charge is -2.06. The van der Waals surface area contributed by atoms with E-state index in [1.165, 1.54) is 0 Å². The number of carbonyl (C=O) groups is 1. The molecular weight excluding hydrogens is 240 g/mol. The van der Waals surface area contributed by atoms with E-state index in [0.29, 0.717) is 25.3 Å². The molecule has 0 fully saturated rings. The molecule has 2 aromatic rings. The fourth-order valence-corrected chi connectivity index (χ4v) is 1.77. The molecule has 4 N–H and O–H groups in total. The number of aromatic nitrogens is 1. The predicted molar refractivity (Wildman–Crippen MR) is 76.0 cm³/mol. The average Bonchev–Trinajstić information content (AvgIpc) is 2.46. The topological polar surface area (TPSA) is 80.0 Å². The van der Waals surface area contributed by atoms with Crippen LogP contribution in [0.2, 0.25) is 0 Å². The van der Waals surface area contributed by atoms with Gasteiger partial charge in [0.25, 0.3) is 5.91 Å². The van der Waals surface area contributed by atoms with Crippen molar-refractivity contribution in [2.45, 2.75) is 0 Å².